The predicted molar refractivity (Wildman–Crippen MR) is 57.3 cm³/mol. The fourth-order valence-corrected chi connectivity index (χ4v) is 1.26. The molecule has 0 atom stereocenters. The second-order valence-corrected chi connectivity index (χ2v) is 2.98. The average Bonchev–Trinajstić information content (AvgIpc) is 2.07. The molecule has 0 spiro atoms. The summed E-state index contributed by atoms with van der Waals surface area (Å²) in [6.45, 7) is 3.25. The summed E-state index contributed by atoms with van der Waals surface area (Å²) in [4.78, 5) is 0. The molecule has 0 amide bonds. The Hall–Kier alpha value is 0.540. The molecule has 1 N–H and O–H groups in total. The Balaban J connectivity index is -0.000000403. The molecule has 0 saturated heterocycles. The zero-order chi connectivity index (χ0) is 7.94. The molecule has 0 aromatic rings. The van der Waals surface area contributed by atoms with E-state index in [1.165, 1.54) is 31.3 Å². The first kappa shape index (κ1) is 12.5. The van der Waals surface area contributed by atoms with Crippen LogP contribution in [0.3, 0.4) is 0 Å². The van der Waals surface area contributed by atoms with Crippen LogP contribution >= 0.6 is 0 Å². The molecule has 66 valence electrons. The van der Waals surface area contributed by atoms with Gasteiger partial charge in [0.1, 0.15) is 0 Å². The van der Waals surface area contributed by atoms with E-state index in [-0.39, 0.29) is 40.6 Å². The molecule has 0 fully saturated rings. The molecule has 0 bridgehead atoms. The minimum absolute atomic E-state index is 0. The molecule has 1 nitrogen and oxygen atoms in total. The Bertz CT molecular complexity index is 170. The van der Waals surface area contributed by atoms with E-state index in [9.17, 15) is 0 Å². The van der Waals surface area contributed by atoms with Gasteiger partial charge in [-0.25, -0.2) is 0 Å². The van der Waals surface area contributed by atoms with Crippen molar-refractivity contribution in [2.75, 3.05) is 6.54 Å². The number of unbranched alkanes of at least 4 members (excludes halogenated alkanes) is 2. The third-order valence-electron chi connectivity index (χ3n) is 1.97. The van der Waals surface area contributed by atoms with Crippen LogP contribution in [0.25, 0.3) is 0 Å². The Morgan fingerprint density at radius 3 is 2.92 bits per heavy atom. The molecule has 1 aliphatic heterocycles. The van der Waals surface area contributed by atoms with Crippen molar-refractivity contribution in [1.82, 2.24) is 5.32 Å². The van der Waals surface area contributed by atoms with Crippen LogP contribution in [0.4, 0.5) is 0 Å². The fourth-order valence-electron chi connectivity index (χ4n) is 1.26. The van der Waals surface area contributed by atoms with E-state index in [2.05, 4.69) is 24.4 Å². The minimum Gasteiger partial charge on any atom is -1.00 e. The van der Waals surface area contributed by atoms with Crippen molar-refractivity contribution in [2.45, 2.75) is 32.6 Å². The van der Waals surface area contributed by atoms with Gasteiger partial charge in [-0.1, -0.05) is 25.8 Å². The average molecular weight is 193 g/mol. The zero-order valence-electron chi connectivity index (χ0n) is 9.97. The van der Waals surface area contributed by atoms with Crippen molar-refractivity contribution in [3.05, 3.63) is 23.9 Å². The summed E-state index contributed by atoms with van der Waals surface area (Å²) in [7, 11) is 0. The monoisotopic (exact) mass is 193 g/mol. The van der Waals surface area contributed by atoms with Crippen LogP contribution in [0.1, 0.15) is 35.5 Å². The molecule has 0 unspecified atom stereocenters. The number of hydrogen-bond acceptors (Lipinski definition) is 1. The summed E-state index contributed by atoms with van der Waals surface area (Å²) in [6.07, 6.45) is 11.8. The number of rotatable bonds is 4. The van der Waals surface area contributed by atoms with Gasteiger partial charge in [-0.15, -0.1) is 0 Å². The molecule has 1 heterocycles. The first-order valence-corrected chi connectivity index (χ1v) is 4.52. The van der Waals surface area contributed by atoms with Crippen LogP contribution < -0.4 is 5.32 Å². The van der Waals surface area contributed by atoms with Gasteiger partial charge in [0, 0.05) is 6.54 Å². The summed E-state index contributed by atoms with van der Waals surface area (Å²) in [5, 5.41) is 3.15. The van der Waals surface area contributed by atoms with E-state index in [1.807, 2.05) is 6.20 Å². The molecule has 1 rings (SSSR count). The maximum absolute atomic E-state index is 3.15. The molecule has 12 heavy (non-hydrogen) atoms. The van der Waals surface area contributed by atoms with Gasteiger partial charge in [-0.05, 0) is 30.7 Å². The number of nitrogens with one attached hydrogen (secondary N) is 1. The van der Waals surface area contributed by atoms with Gasteiger partial charge < -0.3 is 8.17 Å². The third kappa shape index (κ3) is 5.23. The summed E-state index contributed by atoms with van der Waals surface area (Å²) in [6, 6.07) is 0. The predicted octanol–water partition coefficient (Wildman–Crippen LogP) is 2.45. The van der Waals surface area contributed by atoms with Gasteiger partial charge in [-0.2, -0.15) is 0 Å². The van der Waals surface area contributed by atoms with E-state index in [4.69, 9.17) is 0 Å². The summed E-state index contributed by atoms with van der Waals surface area (Å²) in [5.74, 6) is 0. The van der Waals surface area contributed by atoms with Crippen LogP contribution in [-0.2, 0) is 0 Å². The van der Waals surface area contributed by atoms with E-state index in [0.717, 1.165) is 6.54 Å². The van der Waals surface area contributed by atoms with Crippen LogP contribution in [0, 0.1) is 0 Å². The Kier molecular flexibility index (Phi) is 8.52. The van der Waals surface area contributed by atoms with Gasteiger partial charge in [0.25, 0.3) is 0 Å². The standard InChI is InChI=1S/C10H17N.Ca.2H/c1-2-3-4-5-10-6-8-11-9-7-10;;;/h6-8,11H,2-5,9H2,1H3;;;/q;+2;2*-1. The van der Waals surface area contributed by atoms with Gasteiger partial charge in [-0.3, -0.25) is 0 Å². The number of dihydropyridines is 1. The largest absolute Gasteiger partial charge is 2.00 e. The number of hydrogen-bond donors (Lipinski definition) is 1. The molecular formula is C10H19CaN. The Labute approximate surface area is 108 Å². The van der Waals surface area contributed by atoms with E-state index in [1.54, 1.807) is 0 Å². The normalized spacial score (nSPS) is 14.6. The molecule has 0 aromatic heterocycles. The first-order valence-electron chi connectivity index (χ1n) is 4.52. The second kappa shape index (κ2) is 8.15. The van der Waals surface area contributed by atoms with Gasteiger partial charge >= 0.3 is 37.7 Å². The van der Waals surface area contributed by atoms with Gasteiger partial charge in [0.05, 0.1) is 0 Å². The zero-order valence-corrected chi connectivity index (χ0v) is 10.2. The van der Waals surface area contributed by atoms with Crippen molar-refractivity contribution in [1.29, 1.82) is 0 Å². The summed E-state index contributed by atoms with van der Waals surface area (Å²) in [5.41, 5.74) is 1.50. The van der Waals surface area contributed by atoms with E-state index in [0.29, 0.717) is 0 Å². The molecule has 0 aliphatic carbocycles. The van der Waals surface area contributed by atoms with Crippen molar-refractivity contribution in [3.63, 3.8) is 0 Å². The molecule has 0 aromatic carbocycles. The quantitative estimate of drug-likeness (QED) is 0.534. The second-order valence-electron chi connectivity index (χ2n) is 2.98. The topological polar surface area (TPSA) is 12.0 Å². The van der Waals surface area contributed by atoms with E-state index >= 15 is 0 Å². The third-order valence-corrected chi connectivity index (χ3v) is 1.97. The molecular weight excluding hydrogens is 174 g/mol. The summed E-state index contributed by atoms with van der Waals surface area (Å²) >= 11 is 0. The summed E-state index contributed by atoms with van der Waals surface area (Å²) < 4.78 is 0. The molecule has 0 radical (unpaired) electrons. The van der Waals surface area contributed by atoms with Gasteiger partial charge in [0.2, 0.25) is 0 Å². The number of allylic oxidation sites excluding steroid dienone is 2. The van der Waals surface area contributed by atoms with Crippen LogP contribution in [-0.4, -0.2) is 44.3 Å². The fraction of sp³-hybridized carbons (Fsp3) is 0.600. The van der Waals surface area contributed by atoms with Crippen molar-refractivity contribution >= 4 is 37.7 Å². The van der Waals surface area contributed by atoms with E-state index < -0.39 is 0 Å². The van der Waals surface area contributed by atoms with Gasteiger partial charge in [0.15, 0.2) is 0 Å². The smallest absolute Gasteiger partial charge is 1.00 e. The first-order chi connectivity index (χ1) is 5.43. The maximum atomic E-state index is 3.15. The van der Waals surface area contributed by atoms with Crippen LogP contribution in [0.15, 0.2) is 23.9 Å². The molecule has 0 saturated carbocycles. The Morgan fingerprint density at radius 1 is 1.50 bits per heavy atom. The van der Waals surface area contributed by atoms with Crippen LogP contribution in [0.2, 0.25) is 0 Å². The van der Waals surface area contributed by atoms with Crippen molar-refractivity contribution < 1.29 is 2.85 Å². The SMILES string of the molecule is CCCCCC1=CCNC=C1.[Ca+2].[H-].[H-]. The Morgan fingerprint density at radius 2 is 2.33 bits per heavy atom. The molecule has 2 heteroatoms. The minimum atomic E-state index is 0. The van der Waals surface area contributed by atoms with Crippen molar-refractivity contribution in [2.24, 2.45) is 0 Å². The maximum Gasteiger partial charge on any atom is 2.00 e. The molecule has 1 aliphatic rings. The van der Waals surface area contributed by atoms with Crippen LogP contribution in [0.5, 0.6) is 0 Å². The van der Waals surface area contributed by atoms with Crippen molar-refractivity contribution in [3.8, 4) is 0 Å².